The summed E-state index contributed by atoms with van der Waals surface area (Å²) in [5, 5.41) is 2.66. The number of nitrogens with zero attached hydrogens (tertiary/aromatic N) is 1. The average Bonchev–Trinajstić information content (AvgIpc) is 2.46. The van der Waals surface area contributed by atoms with Crippen LogP contribution in [-0.4, -0.2) is 7.05 Å². The first-order valence-electron chi connectivity index (χ1n) is 6.66. The Hall–Kier alpha value is -2.28. The Morgan fingerprint density at radius 1 is 0.789 bits per heavy atom. The zero-order valence-corrected chi connectivity index (χ0v) is 10.9. The lowest BCUT2D eigenvalue weighted by atomic mass is 9.91. The Kier molecular flexibility index (Phi) is 2.16. The van der Waals surface area contributed by atoms with Gasteiger partial charge in [-0.15, -0.1) is 0 Å². The van der Waals surface area contributed by atoms with Gasteiger partial charge in [0.1, 0.15) is 0 Å². The van der Waals surface area contributed by atoms with Gasteiger partial charge in [-0.25, -0.2) is 0 Å². The van der Waals surface area contributed by atoms with Crippen molar-refractivity contribution >= 4 is 16.5 Å². The Morgan fingerprint density at radius 2 is 1.58 bits per heavy atom. The van der Waals surface area contributed by atoms with E-state index in [2.05, 4.69) is 72.6 Å². The molecule has 1 aliphatic heterocycles. The van der Waals surface area contributed by atoms with Gasteiger partial charge in [-0.2, -0.15) is 0 Å². The Balaban J connectivity index is 2.12. The van der Waals surface area contributed by atoms with Gasteiger partial charge in [0.15, 0.2) is 0 Å². The highest BCUT2D eigenvalue weighted by Gasteiger charge is 2.20. The smallest absolute Gasteiger partial charge is 0.0526 e. The van der Waals surface area contributed by atoms with Crippen LogP contribution in [0.4, 0.5) is 5.69 Å². The predicted octanol–water partition coefficient (Wildman–Crippen LogP) is 4.46. The first-order chi connectivity index (χ1) is 9.34. The van der Waals surface area contributed by atoms with Crippen LogP contribution in [0.1, 0.15) is 5.56 Å². The van der Waals surface area contributed by atoms with Crippen LogP contribution in [0.25, 0.3) is 21.9 Å². The molecule has 4 rings (SSSR count). The number of rotatable bonds is 0. The van der Waals surface area contributed by atoms with Gasteiger partial charge in [-0.3, -0.25) is 0 Å². The molecule has 0 radical (unpaired) electrons. The number of hydrogen-bond acceptors (Lipinski definition) is 1. The fourth-order valence-corrected chi connectivity index (χ4v) is 3.14. The van der Waals surface area contributed by atoms with Crippen LogP contribution in [0, 0.1) is 0 Å². The zero-order chi connectivity index (χ0) is 12.8. The summed E-state index contributed by atoms with van der Waals surface area (Å²) in [6, 6.07) is 21.8. The molecule has 1 nitrogen and oxygen atoms in total. The van der Waals surface area contributed by atoms with Gasteiger partial charge in [-0.1, -0.05) is 60.7 Å². The van der Waals surface area contributed by atoms with Crippen LogP contribution < -0.4 is 4.90 Å². The Labute approximate surface area is 113 Å². The summed E-state index contributed by atoms with van der Waals surface area (Å²) in [5.74, 6) is 0. The molecule has 1 aliphatic rings. The summed E-state index contributed by atoms with van der Waals surface area (Å²) in [5.41, 5.74) is 5.49. The molecule has 19 heavy (non-hydrogen) atoms. The summed E-state index contributed by atoms with van der Waals surface area (Å²) < 4.78 is 0. The third-order valence-corrected chi connectivity index (χ3v) is 4.00. The van der Waals surface area contributed by atoms with Gasteiger partial charge in [0, 0.05) is 24.5 Å². The number of benzene rings is 3. The lowest BCUT2D eigenvalue weighted by molar-refractivity contribution is 0.916. The third kappa shape index (κ3) is 1.48. The number of anilines is 1. The lowest BCUT2D eigenvalue weighted by Gasteiger charge is -2.31. The maximum Gasteiger partial charge on any atom is 0.0526 e. The number of hydrogen-bond donors (Lipinski definition) is 0. The number of fused-ring (bicyclic) bond motifs is 5. The molecule has 0 amide bonds. The first-order valence-corrected chi connectivity index (χ1v) is 6.66. The van der Waals surface area contributed by atoms with Gasteiger partial charge in [0.05, 0.1) is 5.69 Å². The van der Waals surface area contributed by atoms with E-state index in [0.717, 1.165) is 6.54 Å². The van der Waals surface area contributed by atoms with Crippen molar-refractivity contribution in [3.05, 3.63) is 66.2 Å². The molecule has 92 valence electrons. The molecule has 3 aromatic carbocycles. The second kappa shape index (κ2) is 3.86. The second-order valence-corrected chi connectivity index (χ2v) is 5.20. The van der Waals surface area contributed by atoms with Crippen LogP contribution in [0.15, 0.2) is 60.7 Å². The van der Waals surface area contributed by atoms with E-state index < -0.39 is 0 Å². The zero-order valence-electron chi connectivity index (χ0n) is 10.9. The van der Waals surface area contributed by atoms with Crippen molar-refractivity contribution in [2.45, 2.75) is 6.54 Å². The molecular formula is C18H15N. The average molecular weight is 245 g/mol. The SMILES string of the molecule is CN1Cc2ccccc2-c2ccc3ccccc3c21. The molecule has 0 atom stereocenters. The van der Waals surface area contributed by atoms with Crippen molar-refractivity contribution in [2.75, 3.05) is 11.9 Å². The highest BCUT2D eigenvalue weighted by molar-refractivity contribution is 6.03. The van der Waals surface area contributed by atoms with Crippen LogP contribution in [0.5, 0.6) is 0 Å². The fraction of sp³-hybridized carbons (Fsp3) is 0.111. The molecule has 0 unspecified atom stereocenters. The van der Waals surface area contributed by atoms with Crippen LogP contribution >= 0.6 is 0 Å². The van der Waals surface area contributed by atoms with Crippen molar-refractivity contribution < 1.29 is 0 Å². The maximum atomic E-state index is 2.36. The first kappa shape index (κ1) is 10.6. The quantitative estimate of drug-likeness (QED) is 0.565. The van der Waals surface area contributed by atoms with Crippen LogP contribution in [0.3, 0.4) is 0 Å². The van der Waals surface area contributed by atoms with Crippen molar-refractivity contribution in [3.8, 4) is 11.1 Å². The van der Waals surface area contributed by atoms with E-state index in [0.29, 0.717) is 0 Å². The van der Waals surface area contributed by atoms with Crippen molar-refractivity contribution in [2.24, 2.45) is 0 Å². The fourth-order valence-electron chi connectivity index (χ4n) is 3.14. The molecule has 0 aliphatic carbocycles. The topological polar surface area (TPSA) is 3.24 Å². The summed E-state index contributed by atoms with van der Waals surface area (Å²) in [4.78, 5) is 2.36. The summed E-state index contributed by atoms with van der Waals surface area (Å²) in [7, 11) is 2.18. The molecule has 0 N–H and O–H groups in total. The van der Waals surface area contributed by atoms with Crippen LogP contribution in [0.2, 0.25) is 0 Å². The summed E-state index contributed by atoms with van der Waals surface area (Å²) in [6.07, 6.45) is 0. The molecule has 0 spiro atoms. The molecule has 0 bridgehead atoms. The van der Waals surface area contributed by atoms with Gasteiger partial charge in [0.25, 0.3) is 0 Å². The minimum absolute atomic E-state index is 0.983. The van der Waals surface area contributed by atoms with Crippen LogP contribution in [-0.2, 0) is 6.54 Å². The third-order valence-electron chi connectivity index (χ3n) is 4.00. The molecule has 0 saturated heterocycles. The lowest BCUT2D eigenvalue weighted by Crippen LogP contribution is -2.21. The second-order valence-electron chi connectivity index (χ2n) is 5.20. The monoisotopic (exact) mass is 245 g/mol. The van der Waals surface area contributed by atoms with E-state index in [1.165, 1.54) is 33.2 Å². The van der Waals surface area contributed by atoms with Gasteiger partial charge >= 0.3 is 0 Å². The molecule has 3 aromatic rings. The van der Waals surface area contributed by atoms with E-state index in [1.54, 1.807) is 0 Å². The van der Waals surface area contributed by atoms with Gasteiger partial charge in [-0.05, 0) is 16.5 Å². The molecule has 0 aromatic heterocycles. The standard InChI is InChI=1S/C18H15N/c1-19-12-14-7-3-4-8-15(14)17-11-10-13-6-2-5-9-16(13)18(17)19/h2-11H,12H2,1H3. The maximum absolute atomic E-state index is 2.36. The van der Waals surface area contributed by atoms with E-state index >= 15 is 0 Å². The van der Waals surface area contributed by atoms with E-state index in [-0.39, 0.29) is 0 Å². The highest BCUT2D eigenvalue weighted by Crippen LogP contribution is 2.42. The summed E-state index contributed by atoms with van der Waals surface area (Å²) in [6.45, 7) is 0.983. The van der Waals surface area contributed by atoms with Crippen molar-refractivity contribution in [1.29, 1.82) is 0 Å². The van der Waals surface area contributed by atoms with Gasteiger partial charge < -0.3 is 4.90 Å². The highest BCUT2D eigenvalue weighted by atomic mass is 15.1. The largest absolute Gasteiger partial charge is 0.369 e. The van der Waals surface area contributed by atoms with E-state index in [9.17, 15) is 0 Å². The summed E-state index contributed by atoms with van der Waals surface area (Å²) >= 11 is 0. The molecular weight excluding hydrogens is 230 g/mol. The van der Waals surface area contributed by atoms with Crippen molar-refractivity contribution in [1.82, 2.24) is 0 Å². The minimum Gasteiger partial charge on any atom is -0.369 e. The predicted molar refractivity (Wildman–Crippen MR) is 81.5 cm³/mol. The molecule has 1 heterocycles. The normalized spacial score (nSPS) is 13.2. The molecule has 1 heteroatoms. The molecule has 0 fully saturated rings. The minimum atomic E-state index is 0.983. The van der Waals surface area contributed by atoms with E-state index in [4.69, 9.17) is 0 Å². The Morgan fingerprint density at radius 3 is 2.53 bits per heavy atom. The molecule has 0 saturated carbocycles. The Bertz CT molecular complexity index is 773. The van der Waals surface area contributed by atoms with Gasteiger partial charge in [0.2, 0.25) is 0 Å². The van der Waals surface area contributed by atoms with Crippen molar-refractivity contribution in [3.63, 3.8) is 0 Å². The van der Waals surface area contributed by atoms with E-state index in [1.807, 2.05) is 0 Å².